The van der Waals surface area contributed by atoms with Crippen LogP contribution in [0.5, 0.6) is 0 Å². The molecule has 0 aliphatic carbocycles. The zero-order valence-electron chi connectivity index (χ0n) is 16.4. The highest BCUT2D eigenvalue weighted by atomic mass is 35.5. The minimum Gasteiger partial charge on any atom is -0.326 e. The van der Waals surface area contributed by atoms with Gasteiger partial charge in [-0.1, -0.05) is 23.7 Å². The summed E-state index contributed by atoms with van der Waals surface area (Å²) in [5.74, 6) is -0.659. The van der Waals surface area contributed by atoms with E-state index in [1.54, 1.807) is 17.0 Å². The van der Waals surface area contributed by atoms with Gasteiger partial charge in [0.1, 0.15) is 0 Å². The molecule has 3 aromatic rings. The highest BCUT2D eigenvalue weighted by Gasteiger charge is 2.35. The third kappa shape index (κ3) is 3.78. The van der Waals surface area contributed by atoms with Crippen molar-refractivity contribution in [3.8, 4) is 5.69 Å². The summed E-state index contributed by atoms with van der Waals surface area (Å²) in [5.41, 5.74) is 4.72. The van der Waals surface area contributed by atoms with E-state index in [1.165, 1.54) is 0 Å². The van der Waals surface area contributed by atoms with Crippen LogP contribution in [0.3, 0.4) is 0 Å². The fraction of sp³-hybridized carbons (Fsp3) is 0.217. The Labute approximate surface area is 174 Å². The maximum absolute atomic E-state index is 12.7. The number of nitrogens with zero attached hydrogens (tertiary/aromatic N) is 2. The van der Waals surface area contributed by atoms with Crippen LogP contribution in [-0.2, 0) is 9.59 Å². The molecule has 2 heterocycles. The smallest absolute Gasteiger partial charge is 0.229 e. The van der Waals surface area contributed by atoms with Gasteiger partial charge in [-0.2, -0.15) is 0 Å². The van der Waals surface area contributed by atoms with Crippen LogP contribution in [0.15, 0.2) is 60.7 Å². The van der Waals surface area contributed by atoms with E-state index in [0.29, 0.717) is 22.9 Å². The Hall–Kier alpha value is -3.05. The Morgan fingerprint density at radius 2 is 1.66 bits per heavy atom. The molecule has 1 aliphatic heterocycles. The molecule has 148 valence electrons. The van der Waals surface area contributed by atoms with Crippen molar-refractivity contribution in [3.05, 3.63) is 77.1 Å². The molecule has 1 aliphatic rings. The lowest BCUT2D eigenvalue weighted by Gasteiger charge is -2.18. The topological polar surface area (TPSA) is 54.3 Å². The number of nitrogens with one attached hydrogen (secondary N) is 1. The Morgan fingerprint density at radius 1 is 1.00 bits per heavy atom. The van der Waals surface area contributed by atoms with Crippen LogP contribution < -0.4 is 10.2 Å². The Kier molecular flexibility index (Phi) is 5.16. The molecule has 0 bridgehead atoms. The number of hydrogen-bond acceptors (Lipinski definition) is 2. The highest BCUT2D eigenvalue weighted by Crippen LogP contribution is 2.31. The number of carbonyl (C=O) groups is 2. The molecule has 1 atom stereocenters. The zero-order valence-corrected chi connectivity index (χ0v) is 17.1. The maximum Gasteiger partial charge on any atom is 0.229 e. The summed E-state index contributed by atoms with van der Waals surface area (Å²) in [5, 5.41) is 3.44. The van der Waals surface area contributed by atoms with Gasteiger partial charge >= 0.3 is 0 Å². The maximum atomic E-state index is 12.7. The van der Waals surface area contributed by atoms with Crippen LogP contribution in [0.4, 0.5) is 11.4 Å². The number of para-hydroxylation sites is 1. The number of halogens is 1. The van der Waals surface area contributed by atoms with Crippen LogP contribution >= 0.6 is 11.6 Å². The third-order valence-corrected chi connectivity index (χ3v) is 5.62. The molecule has 2 aromatic carbocycles. The van der Waals surface area contributed by atoms with E-state index in [9.17, 15) is 9.59 Å². The van der Waals surface area contributed by atoms with Gasteiger partial charge < -0.3 is 14.8 Å². The molecule has 0 radical (unpaired) electrons. The molecule has 1 fully saturated rings. The van der Waals surface area contributed by atoms with Crippen LogP contribution in [-0.4, -0.2) is 22.9 Å². The molecule has 1 N–H and O–H groups in total. The summed E-state index contributed by atoms with van der Waals surface area (Å²) in [4.78, 5) is 26.7. The van der Waals surface area contributed by atoms with Crippen LogP contribution in [0.25, 0.3) is 5.69 Å². The number of carbonyl (C=O) groups excluding carboxylic acids is 2. The van der Waals surface area contributed by atoms with Crippen molar-refractivity contribution in [3.63, 3.8) is 0 Å². The summed E-state index contributed by atoms with van der Waals surface area (Å²) < 4.78 is 2.16. The average molecular weight is 408 g/mol. The van der Waals surface area contributed by atoms with Gasteiger partial charge in [-0.15, -0.1) is 0 Å². The number of hydrogen-bond donors (Lipinski definition) is 1. The summed E-state index contributed by atoms with van der Waals surface area (Å²) in [6, 6.07) is 19.1. The van der Waals surface area contributed by atoms with Gasteiger partial charge in [-0.25, -0.2) is 0 Å². The Bertz CT molecular complexity index is 1050. The van der Waals surface area contributed by atoms with Crippen molar-refractivity contribution in [1.29, 1.82) is 0 Å². The molecule has 6 heteroatoms. The minimum atomic E-state index is -0.410. The molecular weight excluding hydrogens is 386 g/mol. The molecule has 0 spiro atoms. The summed E-state index contributed by atoms with van der Waals surface area (Å²) in [6.45, 7) is 4.45. The second kappa shape index (κ2) is 7.76. The van der Waals surface area contributed by atoms with Crippen LogP contribution in [0.2, 0.25) is 5.02 Å². The number of aryl methyl sites for hydroxylation is 2. The van der Waals surface area contributed by atoms with Crippen molar-refractivity contribution < 1.29 is 9.59 Å². The standard InChI is InChI=1S/C23H22ClN3O2/c1-15-7-8-16(2)27(15)19-11-9-18(10-12-19)25-23(29)17-13-22(28)26(14-17)21-6-4-3-5-20(21)24/h3-12,17H,13-14H2,1-2H3,(H,25,29)/t17-/m1/s1. The summed E-state index contributed by atoms with van der Waals surface area (Å²) >= 11 is 6.21. The van der Waals surface area contributed by atoms with E-state index in [0.717, 1.165) is 17.1 Å². The van der Waals surface area contributed by atoms with E-state index in [4.69, 9.17) is 11.6 Å². The average Bonchev–Trinajstić information content (AvgIpc) is 3.25. The van der Waals surface area contributed by atoms with Gasteiger partial charge in [0.05, 0.1) is 16.6 Å². The zero-order chi connectivity index (χ0) is 20.5. The van der Waals surface area contributed by atoms with Gasteiger partial charge in [0.2, 0.25) is 11.8 Å². The predicted molar refractivity (Wildman–Crippen MR) is 116 cm³/mol. The van der Waals surface area contributed by atoms with Crippen LogP contribution in [0, 0.1) is 19.8 Å². The molecule has 4 rings (SSSR count). The second-order valence-corrected chi connectivity index (χ2v) is 7.75. The van der Waals surface area contributed by atoms with Gasteiger partial charge in [0.15, 0.2) is 0 Å². The quantitative estimate of drug-likeness (QED) is 0.679. The highest BCUT2D eigenvalue weighted by molar-refractivity contribution is 6.33. The third-order valence-electron chi connectivity index (χ3n) is 5.30. The predicted octanol–water partition coefficient (Wildman–Crippen LogP) is 4.74. The number of rotatable bonds is 4. The molecule has 29 heavy (non-hydrogen) atoms. The van der Waals surface area contributed by atoms with Gasteiger partial charge in [-0.3, -0.25) is 9.59 Å². The molecule has 1 aromatic heterocycles. The largest absolute Gasteiger partial charge is 0.326 e. The molecular formula is C23H22ClN3O2. The molecule has 2 amide bonds. The minimum absolute atomic E-state index is 0.0906. The molecule has 1 saturated heterocycles. The fourth-order valence-corrected chi connectivity index (χ4v) is 4.04. The van der Waals surface area contributed by atoms with Crippen molar-refractivity contribution in [2.24, 2.45) is 5.92 Å². The Morgan fingerprint density at radius 3 is 2.31 bits per heavy atom. The van der Waals surface area contributed by atoms with Crippen molar-refractivity contribution in [2.45, 2.75) is 20.3 Å². The van der Waals surface area contributed by atoms with Gasteiger partial charge in [0, 0.05) is 35.7 Å². The first-order valence-corrected chi connectivity index (χ1v) is 9.93. The first-order chi connectivity index (χ1) is 13.9. The molecule has 0 unspecified atom stereocenters. The molecule has 5 nitrogen and oxygen atoms in total. The first-order valence-electron chi connectivity index (χ1n) is 9.55. The van der Waals surface area contributed by atoms with Gasteiger partial charge in [-0.05, 0) is 62.4 Å². The first kappa shape index (κ1) is 19.3. The van der Waals surface area contributed by atoms with Gasteiger partial charge in [0.25, 0.3) is 0 Å². The van der Waals surface area contributed by atoms with E-state index in [-0.39, 0.29) is 18.2 Å². The Balaban J connectivity index is 1.45. The second-order valence-electron chi connectivity index (χ2n) is 7.34. The van der Waals surface area contributed by atoms with E-state index in [1.807, 2.05) is 36.4 Å². The lowest BCUT2D eigenvalue weighted by molar-refractivity contribution is -0.122. The monoisotopic (exact) mass is 407 g/mol. The van der Waals surface area contributed by atoms with E-state index in [2.05, 4.69) is 35.9 Å². The number of benzene rings is 2. The van der Waals surface area contributed by atoms with Crippen LogP contribution in [0.1, 0.15) is 17.8 Å². The van der Waals surface area contributed by atoms with Crippen molar-refractivity contribution >= 4 is 34.8 Å². The van der Waals surface area contributed by atoms with Crippen molar-refractivity contribution in [1.82, 2.24) is 4.57 Å². The van der Waals surface area contributed by atoms with E-state index >= 15 is 0 Å². The lowest BCUT2D eigenvalue weighted by Crippen LogP contribution is -2.28. The number of amides is 2. The van der Waals surface area contributed by atoms with Crippen molar-refractivity contribution in [2.75, 3.05) is 16.8 Å². The fourth-order valence-electron chi connectivity index (χ4n) is 3.80. The normalized spacial score (nSPS) is 16.3. The lowest BCUT2D eigenvalue weighted by atomic mass is 10.1. The summed E-state index contributed by atoms with van der Waals surface area (Å²) in [6.07, 6.45) is 0.177. The number of aromatic nitrogens is 1. The molecule has 0 saturated carbocycles. The summed E-state index contributed by atoms with van der Waals surface area (Å²) in [7, 11) is 0. The SMILES string of the molecule is Cc1ccc(C)n1-c1ccc(NC(=O)[C@@H]2CC(=O)N(c3ccccc3Cl)C2)cc1. The van der Waals surface area contributed by atoms with E-state index < -0.39 is 5.92 Å². The number of anilines is 2.